The highest BCUT2D eigenvalue weighted by atomic mass is 35.5. The summed E-state index contributed by atoms with van der Waals surface area (Å²) in [4.78, 5) is 19.3. The molecule has 1 aromatic rings. The number of nitrogens with one attached hydrogen (secondary N) is 1. The van der Waals surface area contributed by atoms with E-state index in [0.29, 0.717) is 16.6 Å². The second kappa shape index (κ2) is 6.98. The van der Waals surface area contributed by atoms with Crippen LogP contribution >= 0.6 is 11.6 Å². The summed E-state index contributed by atoms with van der Waals surface area (Å²) in [6, 6.07) is 0. The fourth-order valence-corrected chi connectivity index (χ4v) is 3.55. The van der Waals surface area contributed by atoms with Crippen LogP contribution in [-0.2, 0) is 0 Å². The Hall–Kier alpha value is -1.11. The molecule has 3 heterocycles. The van der Waals surface area contributed by atoms with Crippen LogP contribution in [0.1, 0.15) is 23.3 Å². The van der Waals surface area contributed by atoms with Gasteiger partial charge in [-0.05, 0) is 25.8 Å². The molecule has 2 aliphatic rings. The lowest BCUT2D eigenvalue weighted by molar-refractivity contribution is 0.0604. The number of H-pyrrole nitrogens is 1. The van der Waals surface area contributed by atoms with Gasteiger partial charge in [0.2, 0.25) is 0 Å². The van der Waals surface area contributed by atoms with Crippen LogP contribution in [0.2, 0.25) is 5.02 Å². The van der Waals surface area contributed by atoms with Crippen LogP contribution in [-0.4, -0.2) is 83.7 Å². The van der Waals surface area contributed by atoms with Gasteiger partial charge in [0.15, 0.2) is 0 Å². The molecule has 1 N–H and O–H groups in total. The molecular weight excluding hydrogens is 302 g/mol. The summed E-state index contributed by atoms with van der Waals surface area (Å²) in [5, 5.41) is 6.96. The van der Waals surface area contributed by atoms with E-state index in [9.17, 15) is 4.79 Å². The Labute approximate surface area is 136 Å². The maximum atomic E-state index is 12.5. The van der Waals surface area contributed by atoms with Gasteiger partial charge in [-0.3, -0.25) is 9.89 Å². The molecule has 7 heteroatoms. The molecule has 1 atom stereocenters. The number of hydrogen-bond acceptors (Lipinski definition) is 4. The number of nitrogens with zero attached hydrogens (tertiary/aromatic N) is 4. The normalized spacial score (nSPS) is 24.6. The number of likely N-dealkylation sites (N-methyl/N-ethyl adjacent to an activating group) is 1. The standard InChI is InChI=1S/C15H24ClN5O/c1-19-5-7-20(8-6-19)10-12-3-2-4-21(11-12)15(22)14-13(16)9-17-18-14/h9,12H,2-8,10-11H2,1H3,(H,17,18). The second-order valence-corrected chi connectivity index (χ2v) is 6.86. The maximum Gasteiger partial charge on any atom is 0.273 e. The highest BCUT2D eigenvalue weighted by Gasteiger charge is 2.28. The van der Waals surface area contributed by atoms with Gasteiger partial charge in [-0.25, -0.2) is 0 Å². The fraction of sp³-hybridized carbons (Fsp3) is 0.733. The molecule has 0 saturated carbocycles. The molecule has 0 radical (unpaired) electrons. The zero-order valence-electron chi connectivity index (χ0n) is 13.1. The number of piperazine rings is 1. The van der Waals surface area contributed by atoms with Crippen molar-refractivity contribution in [2.75, 3.05) is 52.9 Å². The molecule has 2 aliphatic heterocycles. The van der Waals surface area contributed by atoms with Gasteiger partial charge >= 0.3 is 0 Å². The number of halogens is 1. The van der Waals surface area contributed by atoms with Gasteiger partial charge in [0.1, 0.15) is 5.69 Å². The minimum atomic E-state index is -0.0226. The zero-order valence-corrected chi connectivity index (χ0v) is 13.8. The van der Waals surface area contributed by atoms with Crippen molar-refractivity contribution in [1.82, 2.24) is 24.9 Å². The lowest BCUT2D eigenvalue weighted by Crippen LogP contribution is -2.49. The van der Waals surface area contributed by atoms with Crippen molar-refractivity contribution in [3.05, 3.63) is 16.9 Å². The summed E-state index contributed by atoms with van der Waals surface area (Å²) >= 11 is 6.01. The molecule has 1 amide bonds. The molecule has 1 aromatic heterocycles. The van der Waals surface area contributed by atoms with Gasteiger partial charge in [0.05, 0.1) is 11.2 Å². The number of aromatic amines is 1. The smallest absolute Gasteiger partial charge is 0.273 e. The van der Waals surface area contributed by atoms with Crippen LogP contribution < -0.4 is 0 Å². The largest absolute Gasteiger partial charge is 0.337 e. The Morgan fingerprint density at radius 3 is 2.82 bits per heavy atom. The number of piperidine rings is 1. The first-order valence-electron chi connectivity index (χ1n) is 8.02. The molecule has 0 bridgehead atoms. The number of carbonyl (C=O) groups excluding carboxylic acids is 1. The van der Waals surface area contributed by atoms with Crippen LogP contribution in [0, 0.1) is 5.92 Å². The highest BCUT2D eigenvalue weighted by molar-refractivity contribution is 6.33. The quantitative estimate of drug-likeness (QED) is 0.906. The van der Waals surface area contributed by atoms with E-state index >= 15 is 0 Å². The summed E-state index contributed by atoms with van der Waals surface area (Å²) in [6.45, 7) is 7.27. The number of rotatable bonds is 3. The third-order valence-corrected chi connectivity index (χ3v) is 5.01. The monoisotopic (exact) mass is 325 g/mol. The third-order valence-electron chi connectivity index (χ3n) is 4.73. The molecule has 22 heavy (non-hydrogen) atoms. The average molecular weight is 326 g/mol. The molecule has 0 aliphatic carbocycles. The lowest BCUT2D eigenvalue weighted by Gasteiger charge is -2.38. The molecule has 3 rings (SSSR count). The number of aromatic nitrogens is 2. The molecule has 1 unspecified atom stereocenters. The first-order valence-corrected chi connectivity index (χ1v) is 8.40. The van der Waals surface area contributed by atoms with E-state index in [1.165, 1.54) is 12.6 Å². The van der Waals surface area contributed by atoms with Gasteiger partial charge in [0, 0.05) is 45.8 Å². The van der Waals surface area contributed by atoms with Crippen molar-refractivity contribution >= 4 is 17.5 Å². The summed E-state index contributed by atoms with van der Waals surface area (Å²) in [5.74, 6) is 0.536. The maximum absolute atomic E-state index is 12.5. The minimum absolute atomic E-state index is 0.0226. The number of likely N-dealkylation sites (tertiary alicyclic amines) is 1. The van der Waals surface area contributed by atoms with E-state index in [4.69, 9.17) is 11.6 Å². The van der Waals surface area contributed by atoms with Gasteiger partial charge < -0.3 is 14.7 Å². The van der Waals surface area contributed by atoms with Gasteiger partial charge in [0.25, 0.3) is 5.91 Å². The van der Waals surface area contributed by atoms with E-state index in [0.717, 1.165) is 52.2 Å². The minimum Gasteiger partial charge on any atom is -0.337 e. The zero-order chi connectivity index (χ0) is 15.5. The van der Waals surface area contributed by atoms with Crippen molar-refractivity contribution in [2.45, 2.75) is 12.8 Å². The van der Waals surface area contributed by atoms with Crippen molar-refractivity contribution < 1.29 is 4.79 Å². The summed E-state index contributed by atoms with van der Waals surface area (Å²) < 4.78 is 0. The predicted molar refractivity (Wildman–Crippen MR) is 86.2 cm³/mol. The van der Waals surface area contributed by atoms with Crippen LogP contribution in [0.15, 0.2) is 6.20 Å². The van der Waals surface area contributed by atoms with E-state index in [1.807, 2.05) is 4.90 Å². The highest BCUT2D eigenvalue weighted by Crippen LogP contribution is 2.22. The van der Waals surface area contributed by atoms with Crippen molar-refractivity contribution in [1.29, 1.82) is 0 Å². The Balaban J connectivity index is 1.55. The third kappa shape index (κ3) is 3.62. The SMILES string of the molecule is CN1CCN(CC2CCCN(C(=O)c3[nH]ncc3Cl)C2)CC1. The summed E-state index contributed by atoms with van der Waals surface area (Å²) in [7, 11) is 2.17. The fourth-order valence-electron chi connectivity index (χ4n) is 3.37. The first kappa shape index (κ1) is 15.8. The number of amides is 1. The summed E-state index contributed by atoms with van der Waals surface area (Å²) in [6.07, 6.45) is 3.75. The predicted octanol–water partition coefficient (Wildman–Crippen LogP) is 1.16. The van der Waals surface area contributed by atoms with Crippen LogP contribution in [0.25, 0.3) is 0 Å². The summed E-state index contributed by atoms with van der Waals surface area (Å²) in [5.41, 5.74) is 0.418. The molecule has 0 spiro atoms. The second-order valence-electron chi connectivity index (χ2n) is 6.46. The number of carbonyl (C=O) groups is 1. The topological polar surface area (TPSA) is 55.5 Å². The van der Waals surface area contributed by atoms with E-state index in [1.54, 1.807) is 0 Å². The van der Waals surface area contributed by atoms with E-state index in [-0.39, 0.29) is 5.91 Å². The van der Waals surface area contributed by atoms with E-state index in [2.05, 4.69) is 27.0 Å². The van der Waals surface area contributed by atoms with Crippen molar-refractivity contribution in [2.24, 2.45) is 5.92 Å². The first-order chi connectivity index (χ1) is 10.6. The van der Waals surface area contributed by atoms with Crippen LogP contribution in [0.5, 0.6) is 0 Å². The average Bonchev–Trinajstić information content (AvgIpc) is 2.95. The van der Waals surface area contributed by atoms with Crippen LogP contribution in [0.3, 0.4) is 0 Å². The molecule has 6 nitrogen and oxygen atoms in total. The molecule has 2 saturated heterocycles. The Morgan fingerprint density at radius 2 is 2.14 bits per heavy atom. The van der Waals surface area contributed by atoms with Crippen molar-refractivity contribution in [3.63, 3.8) is 0 Å². The lowest BCUT2D eigenvalue weighted by atomic mass is 9.97. The molecule has 2 fully saturated rings. The van der Waals surface area contributed by atoms with Gasteiger partial charge in [-0.2, -0.15) is 5.10 Å². The molecular formula is C15H24ClN5O. The Morgan fingerprint density at radius 1 is 1.36 bits per heavy atom. The number of hydrogen-bond donors (Lipinski definition) is 1. The van der Waals surface area contributed by atoms with Gasteiger partial charge in [-0.15, -0.1) is 0 Å². The Kier molecular flexibility index (Phi) is 5.00. The van der Waals surface area contributed by atoms with E-state index < -0.39 is 0 Å². The van der Waals surface area contributed by atoms with Crippen molar-refractivity contribution in [3.8, 4) is 0 Å². The Bertz CT molecular complexity index is 512. The molecule has 0 aromatic carbocycles. The molecule has 122 valence electrons. The van der Waals surface area contributed by atoms with Crippen LogP contribution in [0.4, 0.5) is 0 Å². The van der Waals surface area contributed by atoms with Gasteiger partial charge in [-0.1, -0.05) is 11.6 Å².